The lowest BCUT2D eigenvalue weighted by Gasteiger charge is -2.31. The summed E-state index contributed by atoms with van der Waals surface area (Å²) >= 11 is 0. The molecule has 15 heteroatoms. The molecule has 0 spiro atoms. The molecular formula is C9H7F8N3O3S. The molecule has 1 heterocycles. The molecule has 1 rings (SSSR count). The zero-order valence-corrected chi connectivity index (χ0v) is 12.1. The van der Waals surface area contributed by atoms with Crippen molar-refractivity contribution < 1.29 is 53.0 Å². The van der Waals surface area contributed by atoms with E-state index in [1.807, 2.05) is 0 Å². The molecule has 138 valence electrons. The Kier molecular flexibility index (Phi) is 5.30. The summed E-state index contributed by atoms with van der Waals surface area (Å²) in [6, 6.07) is 0. The van der Waals surface area contributed by atoms with Crippen LogP contribution in [-0.4, -0.2) is 37.3 Å². The van der Waals surface area contributed by atoms with Crippen molar-refractivity contribution in [2.45, 2.75) is 30.8 Å². The molecule has 0 bridgehead atoms. The number of ether oxygens (including phenoxy) is 1. The molecular weight excluding hydrogens is 382 g/mol. The Labute approximate surface area is 129 Å². The van der Waals surface area contributed by atoms with Gasteiger partial charge in [0.2, 0.25) is 10.0 Å². The van der Waals surface area contributed by atoms with Crippen molar-refractivity contribution in [3.8, 4) is 0 Å². The fraction of sp³-hybridized carbons (Fsp3) is 0.556. The summed E-state index contributed by atoms with van der Waals surface area (Å²) in [7, 11) is -6.52. The fourth-order valence-corrected chi connectivity index (χ4v) is 1.97. The molecule has 0 aromatic carbocycles. The van der Waals surface area contributed by atoms with Crippen molar-refractivity contribution in [3.05, 3.63) is 29.1 Å². The highest BCUT2D eigenvalue weighted by Gasteiger charge is 2.69. The molecule has 0 unspecified atom stereocenters. The lowest BCUT2D eigenvalue weighted by atomic mass is 10.5. The summed E-state index contributed by atoms with van der Waals surface area (Å²) in [5, 5.41) is -6.37. The third-order valence-corrected chi connectivity index (χ3v) is 3.57. The van der Waals surface area contributed by atoms with E-state index in [9.17, 15) is 43.5 Å². The van der Waals surface area contributed by atoms with Crippen molar-refractivity contribution in [1.29, 1.82) is 0 Å². The molecule has 0 saturated heterocycles. The summed E-state index contributed by atoms with van der Waals surface area (Å²) in [4.78, 5) is 5.75. The number of alkyl halides is 8. The number of hydrogen-bond acceptors (Lipinski definition) is 4. The molecule has 0 aliphatic carbocycles. The molecule has 1 aromatic rings. The van der Waals surface area contributed by atoms with Crippen molar-refractivity contribution in [2.24, 2.45) is 0 Å². The van der Waals surface area contributed by atoms with Gasteiger partial charge in [-0.05, 0) is 0 Å². The van der Waals surface area contributed by atoms with Gasteiger partial charge in [-0.2, -0.15) is 26.3 Å². The molecule has 1 aromatic heterocycles. The van der Waals surface area contributed by atoms with Crippen molar-refractivity contribution in [2.75, 3.05) is 0 Å². The largest absolute Gasteiger partial charge is 0.438 e. The first-order chi connectivity index (χ1) is 10.6. The molecule has 0 aliphatic rings. The normalized spacial score (nSPS) is 14.1. The van der Waals surface area contributed by atoms with Crippen molar-refractivity contribution in [1.82, 2.24) is 4.98 Å². The zero-order chi connectivity index (χ0) is 19.0. The number of nitrogens with zero attached hydrogens (tertiary/aromatic N) is 3. The lowest BCUT2D eigenvalue weighted by molar-refractivity contribution is -0.621. The van der Waals surface area contributed by atoms with Gasteiger partial charge in [0.05, 0.1) is 12.4 Å². The first-order valence-electron chi connectivity index (χ1n) is 5.56. The predicted molar refractivity (Wildman–Crippen MR) is 58.8 cm³/mol. The molecule has 6 nitrogen and oxygen atoms in total. The van der Waals surface area contributed by atoms with Crippen LogP contribution in [-0.2, 0) is 14.8 Å². The van der Waals surface area contributed by atoms with E-state index < -0.39 is 33.9 Å². The van der Waals surface area contributed by atoms with E-state index in [1.165, 1.54) is 0 Å². The minimum atomic E-state index is -6.52. The molecule has 0 aliphatic heterocycles. The lowest BCUT2D eigenvalue weighted by Crippen LogP contribution is -2.54. The average Bonchev–Trinajstić information content (AvgIpc) is 2.39. The van der Waals surface area contributed by atoms with Gasteiger partial charge in [-0.15, -0.1) is 0 Å². The van der Waals surface area contributed by atoms with Crippen LogP contribution >= 0.6 is 0 Å². The Balaban J connectivity index is 3.18. The summed E-state index contributed by atoms with van der Waals surface area (Å²) in [6.07, 6.45) is -15.0. The van der Waals surface area contributed by atoms with Gasteiger partial charge in [0.25, 0.3) is 0 Å². The van der Waals surface area contributed by atoms with E-state index in [0.29, 0.717) is 6.20 Å². The summed E-state index contributed by atoms with van der Waals surface area (Å²) in [5.41, 5.74) is -0.209. The second kappa shape index (κ2) is 6.27. The van der Waals surface area contributed by atoms with Crippen LogP contribution in [0, 0.1) is 6.92 Å². The number of aromatic nitrogens is 2. The van der Waals surface area contributed by atoms with E-state index >= 15 is 0 Å². The van der Waals surface area contributed by atoms with E-state index in [0.717, 1.165) is 19.3 Å². The standard InChI is InChI=1S/C9H7F8N3O3S/c1-5-4-18-2-3-20(5)19-24(21,22)9(16,17)8(14,15)23-7(12,13)6(10)11/h2-4,6H,1H3. The van der Waals surface area contributed by atoms with Crippen LogP contribution in [0.3, 0.4) is 0 Å². The van der Waals surface area contributed by atoms with Crippen LogP contribution < -0.4 is 4.68 Å². The Bertz CT molecular complexity index is 697. The predicted octanol–water partition coefficient (Wildman–Crippen LogP) is 2.20. The number of halogens is 8. The highest BCUT2D eigenvalue weighted by molar-refractivity contribution is 7.94. The van der Waals surface area contributed by atoms with Gasteiger partial charge in [-0.3, -0.25) is 4.98 Å². The van der Waals surface area contributed by atoms with Crippen molar-refractivity contribution >= 4 is 10.0 Å². The Morgan fingerprint density at radius 3 is 2.21 bits per heavy atom. The first-order valence-corrected chi connectivity index (χ1v) is 7.00. The van der Waals surface area contributed by atoms with Gasteiger partial charge in [0.15, 0.2) is 11.9 Å². The van der Waals surface area contributed by atoms with E-state index in [4.69, 9.17) is 0 Å². The molecule has 0 N–H and O–H groups in total. The molecule has 0 radical (unpaired) electrons. The van der Waals surface area contributed by atoms with Gasteiger partial charge in [-0.25, -0.2) is 26.6 Å². The SMILES string of the molecule is Cc1cncc[n+]1[N-]S(=O)(=O)C(F)(F)C(F)(F)OC(F)(F)C(F)F. The van der Waals surface area contributed by atoms with E-state index in [-0.39, 0.29) is 10.4 Å². The number of aryl methyl sites for hydroxylation is 1. The Morgan fingerprint density at radius 1 is 1.21 bits per heavy atom. The maximum absolute atomic E-state index is 13.4. The third-order valence-electron chi connectivity index (χ3n) is 2.29. The van der Waals surface area contributed by atoms with Gasteiger partial charge < -0.3 is 4.83 Å². The minimum absolute atomic E-state index is 0.178. The third kappa shape index (κ3) is 3.82. The smallest absolute Gasteiger partial charge is 0.317 e. The van der Waals surface area contributed by atoms with E-state index in [2.05, 4.69) is 14.6 Å². The number of hydrogen-bond donors (Lipinski definition) is 0. The second-order valence-electron chi connectivity index (χ2n) is 4.12. The zero-order valence-electron chi connectivity index (χ0n) is 11.3. The summed E-state index contributed by atoms with van der Waals surface area (Å²) in [5.74, 6) is 0. The number of sulfonamides is 1. The highest BCUT2D eigenvalue weighted by Crippen LogP contribution is 2.45. The Hall–Kier alpha value is -1.77. The monoisotopic (exact) mass is 389 g/mol. The summed E-state index contributed by atoms with van der Waals surface area (Å²) < 4.78 is 126. The molecule has 0 amide bonds. The number of rotatable bonds is 7. The van der Waals surface area contributed by atoms with Crippen LogP contribution in [0.1, 0.15) is 5.69 Å². The maximum atomic E-state index is 13.4. The molecule has 0 fully saturated rings. The molecule has 0 saturated carbocycles. The highest BCUT2D eigenvalue weighted by atomic mass is 32.2. The van der Waals surface area contributed by atoms with Crippen LogP contribution in [0.15, 0.2) is 18.6 Å². The maximum Gasteiger partial charge on any atom is 0.438 e. The average molecular weight is 389 g/mol. The summed E-state index contributed by atoms with van der Waals surface area (Å²) in [6.45, 7) is 1.10. The van der Waals surface area contributed by atoms with Gasteiger partial charge in [0, 0.05) is 6.92 Å². The van der Waals surface area contributed by atoms with Crippen LogP contribution in [0.2, 0.25) is 0 Å². The van der Waals surface area contributed by atoms with Gasteiger partial charge in [0.1, 0.15) is 0 Å². The molecule has 0 atom stereocenters. The van der Waals surface area contributed by atoms with Gasteiger partial charge in [-0.1, -0.05) is 0 Å². The topological polar surface area (TPSA) is 74.2 Å². The van der Waals surface area contributed by atoms with Crippen LogP contribution in [0.4, 0.5) is 35.1 Å². The Morgan fingerprint density at radius 2 is 1.75 bits per heavy atom. The van der Waals surface area contributed by atoms with Crippen LogP contribution in [0.5, 0.6) is 0 Å². The van der Waals surface area contributed by atoms with Gasteiger partial charge >= 0.3 is 23.9 Å². The second-order valence-corrected chi connectivity index (χ2v) is 5.74. The fourth-order valence-electron chi connectivity index (χ4n) is 1.11. The first kappa shape index (κ1) is 20.3. The van der Waals surface area contributed by atoms with Crippen molar-refractivity contribution in [3.63, 3.8) is 0 Å². The molecule has 24 heavy (non-hydrogen) atoms. The van der Waals surface area contributed by atoms with E-state index in [1.54, 1.807) is 0 Å². The minimum Gasteiger partial charge on any atom is -0.317 e. The quantitative estimate of drug-likeness (QED) is 0.530. The van der Waals surface area contributed by atoms with Crippen LogP contribution in [0.25, 0.3) is 4.83 Å².